The zero-order valence-electron chi connectivity index (χ0n) is 13.6. The molecule has 26 heavy (non-hydrogen) atoms. The molecule has 0 bridgehead atoms. The zero-order valence-corrected chi connectivity index (χ0v) is 13.6. The van der Waals surface area contributed by atoms with E-state index < -0.39 is 29.6 Å². The first-order chi connectivity index (χ1) is 12.3. The van der Waals surface area contributed by atoms with Crippen molar-refractivity contribution >= 4 is 5.91 Å². The summed E-state index contributed by atoms with van der Waals surface area (Å²) in [6, 6.07) is 10.3. The molecular formula is C18H14F4N2O2. The lowest BCUT2D eigenvalue weighted by Crippen LogP contribution is -2.30. The number of rotatable bonds is 5. The zero-order chi connectivity index (χ0) is 19.3. The Labute approximate surface area is 147 Å². The maximum Gasteiger partial charge on any atom is 0.416 e. The molecule has 136 valence electrons. The summed E-state index contributed by atoms with van der Waals surface area (Å²) in [5, 5.41) is 11.3. The van der Waals surface area contributed by atoms with Crippen molar-refractivity contribution in [2.45, 2.75) is 18.8 Å². The number of nitriles is 1. The number of benzene rings is 2. The van der Waals surface area contributed by atoms with Gasteiger partial charge in [0.1, 0.15) is 5.82 Å². The van der Waals surface area contributed by atoms with Crippen LogP contribution in [0.25, 0.3) is 0 Å². The molecule has 4 nitrogen and oxygen atoms in total. The van der Waals surface area contributed by atoms with Gasteiger partial charge in [-0.15, -0.1) is 0 Å². The van der Waals surface area contributed by atoms with Gasteiger partial charge in [-0.3, -0.25) is 4.79 Å². The second kappa shape index (κ2) is 7.97. The highest BCUT2D eigenvalue weighted by Crippen LogP contribution is 2.32. The fourth-order valence-electron chi connectivity index (χ4n) is 2.27. The molecule has 0 aliphatic carbocycles. The van der Waals surface area contributed by atoms with Gasteiger partial charge >= 0.3 is 6.18 Å². The van der Waals surface area contributed by atoms with E-state index in [1.165, 1.54) is 0 Å². The standard InChI is InChI=1S/C18H14F4N2O2/c1-26-16(14-7-6-13(8-15(14)19)18(20,21)22)17(25)24-10-12-4-2-11(9-23)3-5-12/h2-8,16H,10H2,1H3,(H,24,25). The first-order valence-corrected chi connectivity index (χ1v) is 7.42. The number of carbonyl (C=O) groups excluding carboxylic acids is 1. The van der Waals surface area contributed by atoms with Gasteiger partial charge in [0.25, 0.3) is 5.91 Å². The van der Waals surface area contributed by atoms with Crippen LogP contribution in [0.2, 0.25) is 0 Å². The van der Waals surface area contributed by atoms with Crippen LogP contribution in [0.15, 0.2) is 42.5 Å². The molecule has 1 atom stereocenters. The first kappa shape index (κ1) is 19.4. The Hall–Kier alpha value is -2.92. The Morgan fingerprint density at radius 3 is 2.38 bits per heavy atom. The predicted octanol–water partition coefficient (Wildman–Crippen LogP) is 3.72. The van der Waals surface area contributed by atoms with Crippen molar-refractivity contribution in [3.8, 4) is 6.07 Å². The van der Waals surface area contributed by atoms with Gasteiger partial charge in [0, 0.05) is 19.2 Å². The third-order valence-corrected chi connectivity index (χ3v) is 3.63. The Balaban J connectivity index is 2.12. The van der Waals surface area contributed by atoms with Crippen LogP contribution < -0.4 is 5.32 Å². The summed E-state index contributed by atoms with van der Waals surface area (Å²) >= 11 is 0. The molecule has 0 aliphatic heterocycles. The molecule has 1 N–H and O–H groups in total. The van der Waals surface area contributed by atoms with Crippen molar-refractivity contribution in [2.24, 2.45) is 0 Å². The quantitative estimate of drug-likeness (QED) is 0.821. The van der Waals surface area contributed by atoms with E-state index in [0.29, 0.717) is 23.3 Å². The molecule has 0 fully saturated rings. The van der Waals surface area contributed by atoms with Crippen LogP contribution >= 0.6 is 0 Å². The molecule has 8 heteroatoms. The maximum atomic E-state index is 14.0. The summed E-state index contributed by atoms with van der Waals surface area (Å²) in [5.74, 6) is -1.88. The van der Waals surface area contributed by atoms with Crippen LogP contribution in [0.5, 0.6) is 0 Å². The van der Waals surface area contributed by atoms with E-state index in [1.54, 1.807) is 24.3 Å². The minimum atomic E-state index is -4.68. The van der Waals surface area contributed by atoms with E-state index >= 15 is 0 Å². The Morgan fingerprint density at radius 2 is 1.88 bits per heavy atom. The van der Waals surface area contributed by atoms with Gasteiger partial charge in [-0.2, -0.15) is 18.4 Å². The molecule has 0 saturated carbocycles. The topological polar surface area (TPSA) is 62.1 Å². The molecule has 0 heterocycles. The Kier molecular flexibility index (Phi) is 5.95. The second-order valence-corrected chi connectivity index (χ2v) is 5.38. The van der Waals surface area contributed by atoms with Gasteiger partial charge < -0.3 is 10.1 Å². The number of alkyl halides is 3. The minimum absolute atomic E-state index is 0.0899. The van der Waals surface area contributed by atoms with E-state index in [9.17, 15) is 22.4 Å². The van der Waals surface area contributed by atoms with Gasteiger partial charge in [0.15, 0.2) is 6.10 Å². The van der Waals surface area contributed by atoms with Crippen LogP contribution in [-0.2, 0) is 22.3 Å². The summed E-state index contributed by atoms with van der Waals surface area (Å²) in [7, 11) is 1.16. The molecule has 0 spiro atoms. The van der Waals surface area contributed by atoms with Gasteiger partial charge in [-0.1, -0.05) is 18.2 Å². The van der Waals surface area contributed by atoms with Gasteiger partial charge in [0.2, 0.25) is 0 Å². The van der Waals surface area contributed by atoms with Crippen molar-refractivity contribution in [3.05, 3.63) is 70.5 Å². The van der Waals surface area contributed by atoms with Crippen molar-refractivity contribution in [1.29, 1.82) is 5.26 Å². The lowest BCUT2D eigenvalue weighted by molar-refractivity contribution is -0.137. The SMILES string of the molecule is COC(C(=O)NCc1ccc(C#N)cc1)c1ccc(C(F)(F)F)cc1F. The highest BCUT2D eigenvalue weighted by atomic mass is 19.4. The molecule has 2 aromatic rings. The van der Waals surface area contributed by atoms with Gasteiger partial charge in [-0.25, -0.2) is 4.39 Å². The summed E-state index contributed by atoms with van der Waals surface area (Å²) in [5.41, 5.74) is -0.286. The van der Waals surface area contributed by atoms with E-state index in [1.807, 2.05) is 6.07 Å². The molecule has 0 aliphatic rings. The number of ether oxygens (including phenoxy) is 1. The molecular weight excluding hydrogens is 352 g/mol. The number of carbonyl (C=O) groups is 1. The molecule has 0 aromatic heterocycles. The lowest BCUT2D eigenvalue weighted by atomic mass is 10.0. The molecule has 0 radical (unpaired) electrons. The fraction of sp³-hybridized carbons (Fsp3) is 0.222. The largest absolute Gasteiger partial charge is 0.416 e. The average Bonchev–Trinajstić information content (AvgIpc) is 2.61. The predicted molar refractivity (Wildman–Crippen MR) is 84.2 cm³/mol. The van der Waals surface area contributed by atoms with E-state index in [2.05, 4.69) is 5.32 Å². The first-order valence-electron chi connectivity index (χ1n) is 7.42. The summed E-state index contributed by atoms with van der Waals surface area (Å²) in [6.07, 6.45) is -6.07. The number of nitrogens with one attached hydrogen (secondary N) is 1. The second-order valence-electron chi connectivity index (χ2n) is 5.38. The van der Waals surface area contributed by atoms with Crippen molar-refractivity contribution in [2.75, 3.05) is 7.11 Å². The van der Waals surface area contributed by atoms with Crippen LogP contribution in [0.3, 0.4) is 0 Å². The van der Waals surface area contributed by atoms with Crippen molar-refractivity contribution in [3.63, 3.8) is 0 Å². The van der Waals surface area contributed by atoms with Crippen molar-refractivity contribution in [1.82, 2.24) is 5.32 Å². The average molecular weight is 366 g/mol. The number of methoxy groups -OCH3 is 1. The highest BCUT2D eigenvalue weighted by molar-refractivity contribution is 5.82. The molecule has 2 rings (SSSR count). The number of hydrogen-bond donors (Lipinski definition) is 1. The normalized spacial score (nSPS) is 12.3. The number of halogens is 4. The third kappa shape index (κ3) is 4.58. The van der Waals surface area contributed by atoms with Gasteiger partial charge in [-0.05, 0) is 29.8 Å². The molecule has 1 unspecified atom stereocenters. The smallest absolute Gasteiger partial charge is 0.367 e. The summed E-state index contributed by atoms with van der Waals surface area (Å²) in [6.45, 7) is 0.0899. The third-order valence-electron chi connectivity index (χ3n) is 3.63. The molecule has 0 saturated heterocycles. The Morgan fingerprint density at radius 1 is 1.23 bits per heavy atom. The molecule has 2 aromatic carbocycles. The van der Waals surface area contributed by atoms with E-state index in [4.69, 9.17) is 10.00 Å². The van der Waals surface area contributed by atoms with Crippen LogP contribution in [0, 0.1) is 17.1 Å². The van der Waals surface area contributed by atoms with Crippen LogP contribution in [0.4, 0.5) is 17.6 Å². The van der Waals surface area contributed by atoms with E-state index in [0.717, 1.165) is 13.2 Å². The lowest BCUT2D eigenvalue weighted by Gasteiger charge is -2.17. The van der Waals surface area contributed by atoms with Crippen LogP contribution in [0.1, 0.15) is 28.4 Å². The summed E-state index contributed by atoms with van der Waals surface area (Å²) < 4.78 is 56.8. The summed E-state index contributed by atoms with van der Waals surface area (Å²) in [4.78, 5) is 12.2. The van der Waals surface area contributed by atoms with Gasteiger partial charge in [0.05, 0.1) is 17.2 Å². The van der Waals surface area contributed by atoms with Crippen molar-refractivity contribution < 1.29 is 27.1 Å². The van der Waals surface area contributed by atoms with E-state index in [-0.39, 0.29) is 12.1 Å². The monoisotopic (exact) mass is 366 g/mol. The number of hydrogen-bond acceptors (Lipinski definition) is 3. The highest BCUT2D eigenvalue weighted by Gasteiger charge is 2.32. The van der Waals surface area contributed by atoms with Crippen LogP contribution in [-0.4, -0.2) is 13.0 Å². The fourth-order valence-corrected chi connectivity index (χ4v) is 2.27. The Bertz CT molecular complexity index is 827. The number of amides is 1. The number of nitrogens with zero attached hydrogens (tertiary/aromatic N) is 1. The maximum absolute atomic E-state index is 14.0. The minimum Gasteiger partial charge on any atom is -0.367 e. The molecule has 1 amide bonds.